The molecule has 2 aliphatic heterocycles. The summed E-state index contributed by atoms with van der Waals surface area (Å²) in [5, 5.41) is 0.901. The Hall–Kier alpha value is -2.99. The third-order valence-corrected chi connectivity index (χ3v) is 6.65. The molecule has 2 fully saturated rings. The lowest BCUT2D eigenvalue weighted by Crippen LogP contribution is -2.29. The molecule has 3 aliphatic rings. The first-order valence-corrected chi connectivity index (χ1v) is 10.7. The van der Waals surface area contributed by atoms with Crippen LogP contribution in [0.5, 0.6) is 0 Å². The average Bonchev–Trinajstić information content (AvgIpc) is 3.37. The summed E-state index contributed by atoms with van der Waals surface area (Å²) < 4.78 is 17.1. The molecule has 0 N–H and O–H groups in total. The van der Waals surface area contributed by atoms with E-state index >= 15 is 0 Å². The number of hydrogen-bond donors (Lipinski definition) is 0. The van der Waals surface area contributed by atoms with Crippen molar-refractivity contribution in [3.05, 3.63) is 65.9 Å². The van der Waals surface area contributed by atoms with E-state index in [0.29, 0.717) is 24.0 Å². The number of para-hydroxylation sites is 1. The van der Waals surface area contributed by atoms with Gasteiger partial charge >= 0.3 is 11.9 Å². The van der Waals surface area contributed by atoms with Crippen LogP contribution in [0.3, 0.4) is 0 Å². The van der Waals surface area contributed by atoms with E-state index in [2.05, 4.69) is 24.6 Å². The number of rotatable bonds is 3. The maximum Gasteiger partial charge on any atom is 0.340 e. The van der Waals surface area contributed by atoms with Crippen molar-refractivity contribution in [1.29, 1.82) is 0 Å². The molecule has 1 aromatic heterocycles. The van der Waals surface area contributed by atoms with Crippen LogP contribution in [0.4, 0.5) is 0 Å². The molecule has 2 saturated heterocycles. The molecule has 4 atom stereocenters. The zero-order chi connectivity index (χ0) is 21.6. The molecule has 6 heteroatoms. The number of carbonyl (C=O) groups is 2. The van der Waals surface area contributed by atoms with Gasteiger partial charge in [-0.1, -0.05) is 30.9 Å². The van der Waals surface area contributed by atoms with E-state index in [1.54, 1.807) is 12.3 Å². The standard InChI is InChI=1S/C25H25NO5/c1-15-19-10-9-16(6-5-11-25(2)22(31-25)21(19)30-23(15)27)14-29-24(28)18-12-17-7-3-4-8-20(17)26-13-18/h3-4,6-8,12-13,19,21-22H,1,5,9-11,14H2,2H3/t19-,21-,22-,25+/m0/s1. The number of esters is 2. The fraction of sp³-hybridized carbons (Fsp3) is 0.400. The van der Waals surface area contributed by atoms with E-state index in [9.17, 15) is 9.59 Å². The van der Waals surface area contributed by atoms with E-state index in [-0.39, 0.29) is 36.3 Å². The first-order chi connectivity index (χ1) is 14.9. The first-order valence-electron chi connectivity index (χ1n) is 10.7. The lowest BCUT2D eigenvalue weighted by atomic mass is 9.84. The van der Waals surface area contributed by atoms with Crippen molar-refractivity contribution >= 4 is 22.8 Å². The van der Waals surface area contributed by atoms with Gasteiger partial charge in [0.25, 0.3) is 0 Å². The summed E-state index contributed by atoms with van der Waals surface area (Å²) in [6.07, 6.45) is 6.44. The van der Waals surface area contributed by atoms with E-state index in [1.807, 2.05) is 24.3 Å². The highest BCUT2D eigenvalue weighted by Crippen LogP contribution is 2.49. The van der Waals surface area contributed by atoms with Crippen LogP contribution in [0.2, 0.25) is 0 Å². The number of allylic oxidation sites excluding steroid dienone is 1. The molecule has 0 saturated carbocycles. The lowest BCUT2D eigenvalue weighted by Gasteiger charge is -2.20. The van der Waals surface area contributed by atoms with Gasteiger partial charge in [-0.25, -0.2) is 9.59 Å². The number of ether oxygens (including phenoxy) is 3. The SMILES string of the molecule is C=C1C(=O)O[C@H]2[C@H]1CCC(COC(=O)c1cnc3ccccc3c1)=CCC[C@@]1(C)O[C@@H]21. The fourth-order valence-corrected chi connectivity index (χ4v) is 4.68. The molecule has 2 aromatic rings. The van der Waals surface area contributed by atoms with Gasteiger partial charge < -0.3 is 14.2 Å². The Balaban J connectivity index is 1.28. The summed E-state index contributed by atoms with van der Waals surface area (Å²) in [5.41, 5.74) is 2.55. The number of pyridine rings is 1. The van der Waals surface area contributed by atoms with Crippen molar-refractivity contribution in [1.82, 2.24) is 4.98 Å². The van der Waals surface area contributed by atoms with Crippen molar-refractivity contribution in [3.63, 3.8) is 0 Å². The van der Waals surface area contributed by atoms with Crippen LogP contribution in [0.1, 0.15) is 43.0 Å². The monoisotopic (exact) mass is 419 g/mol. The Kier molecular flexibility index (Phi) is 4.89. The second kappa shape index (κ2) is 7.61. The highest BCUT2D eigenvalue weighted by molar-refractivity contribution is 5.93. The van der Waals surface area contributed by atoms with E-state index < -0.39 is 5.97 Å². The molecule has 31 heavy (non-hydrogen) atoms. The average molecular weight is 419 g/mol. The molecule has 3 heterocycles. The molecule has 0 bridgehead atoms. The van der Waals surface area contributed by atoms with Crippen LogP contribution in [0.15, 0.2) is 60.3 Å². The second-order valence-corrected chi connectivity index (χ2v) is 8.79. The molecule has 1 aliphatic carbocycles. The van der Waals surface area contributed by atoms with Crippen LogP contribution in [-0.4, -0.2) is 41.3 Å². The van der Waals surface area contributed by atoms with Gasteiger partial charge in [-0.3, -0.25) is 4.98 Å². The fourth-order valence-electron chi connectivity index (χ4n) is 4.68. The van der Waals surface area contributed by atoms with E-state index in [4.69, 9.17) is 14.2 Å². The normalized spacial score (nSPS) is 30.1. The van der Waals surface area contributed by atoms with Gasteiger partial charge in [0.15, 0.2) is 0 Å². The van der Waals surface area contributed by atoms with Crippen LogP contribution in [-0.2, 0) is 19.0 Å². The maximum absolute atomic E-state index is 12.6. The summed E-state index contributed by atoms with van der Waals surface area (Å²) in [7, 11) is 0. The summed E-state index contributed by atoms with van der Waals surface area (Å²) >= 11 is 0. The van der Waals surface area contributed by atoms with Crippen LogP contribution >= 0.6 is 0 Å². The van der Waals surface area contributed by atoms with Gasteiger partial charge in [0.05, 0.1) is 16.7 Å². The van der Waals surface area contributed by atoms with Gasteiger partial charge in [0, 0.05) is 23.1 Å². The smallest absolute Gasteiger partial charge is 0.340 e. The predicted octanol–water partition coefficient (Wildman–Crippen LogP) is 4.15. The highest BCUT2D eigenvalue weighted by atomic mass is 16.6. The minimum Gasteiger partial charge on any atom is -0.458 e. The minimum atomic E-state index is -0.393. The Labute approximate surface area is 180 Å². The lowest BCUT2D eigenvalue weighted by molar-refractivity contribution is -0.140. The topological polar surface area (TPSA) is 78.0 Å². The number of fused-ring (bicyclic) bond motifs is 4. The molecule has 5 rings (SSSR count). The molecule has 0 unspecified atom stereocenters. The molecule has 160 valence electrons. The molecule has 0 radical (unpaired) electrons. The molecular weight excluding hydrogens is 394 g/mol. The number of epoxide rings is 1. The van der Waals surface area contributed by atoms with Gasteiger partial charge in [-0.05, 0) is 50.3 Å². The third kappa shape index (κ3) is 3.76. The van der Waals surface area contributed by atoms with Crippen molar-refractivity contribution in [2.45, 2.75) is 50.4 Å². The van der Waals surface area contributed by atoms with Crippen LogP contribution in [0.25, 0.3) is 10.9 Å². The third-order valence-electron chi connectivity index (χ3n) is 6.65. The first kappa shape index (κ1) is 19.9. The van der Waals surface area contributed by atoms with Gasteiger partial charge in [-0.2, -0.15) is 0 Å². The van der Waals surface area contributed by atoms with Crippen LogP contribution < -0.4 is 0 Å². The number of hydrogen-bond acceptors (Lipinski definition) is 6. The van der Waals surface area contributed by atoms with Crippen molar-refractivity contribution in [2.75, 3.05) is 6.61 Å². The zero-order valence-electron chi connectivity index (χ0n) is 17.5. The van der Waals surface area contributed by atoms with Gasteiger partial charge in [-0.15, -0.1) is 0 Å². The van der Waals surface area contributed by atoms with Crippen molar-refractivity contribution in [3.8, 4) is 0 Å². The number of aromatic nitrogens is 1. The Morgan fingerprint density at radius 2 is 2.19 bits per heavy atom. The Morgan fingerprint density at radius 3 is 3.06 bits per heavy atom. The zero-order valence-corrected chi connectivity index (χ0v) is 17.5. The minimum absolute atomic E-state index is 0.0612. The predicted molar refractivity (Wildman–Crippen MR) is 114 cm³/mol. The number of benzene rings is 1. The van der Waals surface area contributed by atoms with E-state index in [1.165, 1.54) is 0 Å². The van der Waals surface area contributed by atoms with Crippen molar-refractivity contribution in [2.24, 2.45) is 5.92 Å². The van der Waals surface area contributed by atoms with E-state index in [0.717, 1.165) is 29.3 Å². The van der Waals surface area contributed by atoms with Crippen molar-refractivity contribution < 1.29 is 23.8 Å². The summed E-state index contributed by atoms with van der Waals surface area (Å²) in [4.78, 5) is 29.0. The quantitative estimate of drug-likeness (QED) is 0.322. The molecule has 6 nitrogen and oxygen atoms in total. The molecule has 0 amide bonds. The molecule has 1 aromatic carbocycles. The Morgan fingerprint density at radius 1 is 1.35 bits per heavy atom. The van der Waals surface area contributed by atoms with Gasteiger partial charge in [0.1, 0.15) is 18.8 Å². The van der Waals surface area contributed by atoms with Crippen LogP contribution in [0, 0.1) is 5.92 Å². The summed E-state index contributed by atoms with van der Waals surface area (Å²) in [6, 6.07) is 9.45. The number of carbonyl (C=O) groups excluding carboxylic acids is 2. The van der Waals surface area contributed by atoms with Gasteiger partial charge in [0.2, 0.25) is 0 Å². The molecule has 0 spiro atoms. The summed E-state index contributed by atoms with van der Waals surface area (Å²) in [6.45, 7) is 6.22. The number of nitrogens with zero attached hydrogens (tertiary/aromatic N) is 1. The highest BCUT2D eigenvalue weighted by Gasteiger charge is 2.61. The maximum atomic E-state index is 12.6. The molecular formula is C25H25NO5. The second-order valence-electron chi connectivity index (χ2n) is 8.79. The Bertz CT molecular complexity index is 1110. The summed E-state index contributed by atoms with van der Waals surface area (Å²) in [5.74, 6) is -0.787. The largest absolute Gasteiger partial charge is 0.458 e.